The van der Waals surface area contributed by atoms with Gasteiger partial charge in [-0.2, -0.15) is 0 Å². The van der Waals surface area contributed by atoms with Gasteiger partial charge in [0.05, 0.1) is 0 Å². The van der Waals surface area contributed by atoms with Crippen LogP contribution in [0.3, 0.4) is 0 Å². The van der Waals surface area contributed by atoms with E-state index in [1.54, 1.807) is 4.90 Å². The number of hydrogen-bond donors (Lipinski definition) is 1. The van der Waals surface area contributed by atoms with Crippen LogP contribution < -0.4 is 0 Å². The standard InChI is InChI=1S/C15H28N2O3S/c1-12(17(11-19)9-8-16(5)6)13(7-10-18)21-14(20)15(2,3)4/h11,18H,7-10H2,1-6H3. The molecule has 0 heterocycles. The van der Waals surface area contributed by atoms with Crippen LogP contribution in [0.5, 0.6) is 0 Å². The van der Waals surface area contributed by atoms with Crippen molar-refractivity contribution in [3.05, 3.63) is 10.6 Å². The van der Waals surface area contributed by atoms with Crippen molar-refractivity contribution in [3.8, 4) is 0 Å². The van der Waals surface area contributed by atoms with E-state index in [-0.39, 0.29) is 11.7 Å². The van der Waals surface area contributed by atoms with Gasteiger partial charge in [-0.3, -0.25) is 9.59 Å². The van der Waals surface area contributed by atoms with Gasteiger partial charge in [-0.15, -0.1) is 0 Å². The van der Waals surface area contributed by atoms with E-state index in [2.05, 4.69) is 0 Å². The van der Waals surface area contributed by atoms with Gasteiger partial charge in [-0.05, 0) is 21.0 Å². The predicted molar refractivity (Wildman–Crippen MR) is 87.8 cm³/mol. The molecule has 0 aliphatic carbocycles. The highest BCUT2D eigenvalue weighted by molar-refractivity contribution is 8.17. The lowest BCUT2D eigenvalue weighted by Gasteiger charge is -2.24. The Hall–Kier alpha value is -0.850. The number of rotatable bonds is 8. The van der Waals surface area contributed by atoms with Crippen LogP contribution in [0, 0.1) is 5.41 Å². The Labute approximate surface area is 132 Å². The molecule has 0 radical (unpaired) electrons. The fourth-order valence-corrected chi connectivity index (χ4v) is 2.43. The predicted octanol–water partition coefficient (Wildman–Crippen LogP) is 1.93. The topological polar surface area (TPSA) is 60.9 Å². The van der Waals surface area contributed by atoms with Crippen molar-refractivity contribution < 1.29 is 14.7 Å². The van der Waals surface area contributed by atoms with Gasteiger partial charge in [0, 0.05) is 42.1 Å². The van der Waals surface area contributed by atoms with E-state index in [1.807, 2.05) is 46.7 Å². The number of carbonyl (C=O) groups is 2. The Bertz CT molecular complexity index is 387. The summed E-state index contributed by atoms with van der Waals surface area (Å²) in [5, 5.41) is 9.23. The third-order valence-corrected chi connectivity index (χ3v) is 4.46. The summed E-state index contributed by atoms with van der Waals surface area (Å²) < 4.78 is 0. The molecule has 0 fully saturated rings. The summed E-state index contributed by atoms with van der Waals surface area (Å²) in [5.41, 5.74) is 0.282. The summed E-state index contributed by atoms with van der Waals surface area (Å²) in [6.45, 7) is 8.64. The van der Waals surface area contributed by atoms with Crippen LogP contribution in [0.2, 0.25) is 0 Å². The molecule has 122 valence electrons. The number of aliphatic hydroxyl groups excluding tert-OH is 1. The molecule has 0 atom stereocenters. The zero-order valence-electron chi connectivity index (χ0n) is 14.0. The van der Waals surface area contributed by atoms with E-state index in [1.165, 1.54) is 0 Å². The molecular weight excluding hydrogens is 288 g/mol. The Morgan fingerprint density at radius 1 is 1.24 bits per heavy atom. The largest absolute Gasteiger partial charge is 0.396 e. The normalized spacial score (nSPS) is 13.1. The van der Waals surface area contributed by atoms with Crippen LogP contribution >= 0.6 is 11.8 Å². The number of thioether (sulfide) groups is 1. The molecule has 21 heavy (non-hydrogen) atoms. The monoisotopic (exact) mass is 316 g/mol. The second-order valence-electron chi connectivity index (χ2n) is 6.22. The number of amides is 1. The van der Waals surface area contributed by atoms with Crippen LogP contribution in [0.1, 0.15) is 34.1 Å². The van der Waals surface area contributed by atoms with E-state index in [4.69, 9.17) is 0 Å². The number of nitrogens with zero attached hydrogens (tertiary/aromatic N) is 2. The molecule has 0 saturated heterocycles. The van der Waals surface area contributed by atoms with Crippen LogP contribution in [0.25, 0.3) is 0 Å². The first-order valence-corrected chi connectivity index (χ1v) is 7.84. The molecule has 0 aliphatic rings. The molecule has 0 bridgehead atoms. The van der Waals surface area contributed by atoms with Crippen molar-refractivity contribution in [1.82, 2.24) is 9.80 Å². The van der Waals surface area contributed by atoms with E-state index in [9.17, 15) is 14.7 Å². The number of allylic oxidation sites excluding steroid dienone is 1. The van der Waals surface area contributed by atoms with Crippen molar-refractivity contribution in [1.29, 1.82) is 0 Å². The molecule has 0 aromatic carbocycles. The third-order valence-electron chi connectivity index (χ3n) is 2.92. The van der Waals surface area contributed by atoms with Crippen LogP contribution in [-0.2, 0) is 9.59 Å². The van der Waals surface area contributed by atoms with Gasteiger partial charge in [-0.1, -0.05) is 32.5 Å². The average molecular weight is 316 g/mol. The lowest BCUT2D eigenvalue weighted by molar-refractivity contribution is -0.118. The van der Waals surface area contributed by atoms with Crippen LogP contribution in [0.15, 0.2) is 10.6 Å². The van der Waals surface area contributed by atoms with Crippen molar-refractivity contribution in [2.45, 2.75) is 34.1 Å². The van der Waals surface area contributed by atoms with E-state index in [0.717, 1.165) is 35.3 Å². The zero-order valence-corrected chi connectivity index (χ0v) is 14.8. The molecule has 0 spiro atoms. The molecule has 6 heteroatoms. The number of aliphatic hydroxyl groups is 1. The highest BCUT2D eigenvalue weighted by Gasteiger charge is 2.24. The first-order valence-electron chi connectivity index (χ1n) is 7.03. The Morgan fingerprint density at radius 2 is 1.81 bits per heavy atom. The first kappa shape index (κ1) is 20.1. The summed E-state index contributed by atoms with van der Waals surface area (Å²) in [6, 6.07) is 0. The number of likely N-dealkylation sites (N-methyl/N-ethyl adjacent to an activating group) is 1. The minimum Gasteiger partial charge on any atom is -0.396 e. The van der Waals surface area contributed by atoms with E-state index in [0.29, 0.717) is 13.0 Å². The minimum atomic E-state index is -0.457. The van der Waals surface area contributed by atoms with Crippen LogP contribution in [-0.4, -0.2) is 60.2 Å². The Morgan fingerprint density at radius 3 is 2.19 bits per heavy atom. The van der Waals surface area contributed by atoms with Crippen LogP contribution in [0.4, 0.5) is 0 Å². The van der Waals surface area contributed by atoms with Gasteiger partial charge < -0.3 is 14.9 Å². The second kappa shape index (κ2) is 9.23. The molecule has 1 N–H and O–H groups in total. The Kier molecular flexibility index (Phi) is 8.85. The molecule has 1 amide bonds. The number of carbonyl (C=O) groups excluding carboxylic acids is 2. The summed E-state index contributed by atoms with van der Waals surface area (Å²) in [7, 11) is 3.88. The molecule has 0 rings (SSSR count). The maximum atomic E-state index is 12.2. The van der Waals surface area contributed by atoms with E-state index >= 15 is 0 Å². The van der Waals surface area contributed by atoms with Crippen molar-refractivity contribution in [3.63, 3.8) is 0 Å². The molecule has 0 unspecified atom stereocenters. The fourth-order valence-electron chi connectivity index (χ4n) is 1.44. The fraction of sp³-hybridized carbons (Fsp3) is 0.733. The van der Waals surface area contributed by atoms with Gasteiger partial charge in [0.25, 0.3) is 0 Å². The highest BCUT2D eigenvalue weighted by Crippen LogP contribution is 2.32. The maximum Gasteiger partial charge on any atom is 0.213 e. The van der Waals surface area contributed by atoms with Gasteiger partial charge in [0.15, 0.2) is 5.12 Å². The molecular formula is C15H28N2O3S. The van der Waals surface area contributed by atoms with Gasteiger partial charge in [0.1, 0.15) is 0 Å². The SMILES string of the molecule is CC(=C(CCO)SC(=O)C(C)(C)C)N(C=O)CCN(C)C. The van der Waals surface area contributed by atoms with Gasteiger partial charge in [-0.25, -0.2) is 0 Å². The summed E-state index contributed by atoms with van der Waals surface area (Å²) in [6.07, 6.45) is 1.16. The number of hydrogen-bond acceptors (Lipinski definition) is 5. The molecule has 0 saturated carbocycles. The average Bonchev–Trinajstić information content (AvgIpc) is 2.37. The lowest BCUT2D eigenvalue weighted by atomic mass is 10.00. The summed E-state index contributed by atoms with van der Waals surface area (Å²) in [4.78, 5) is 27.8. The Balaban J connectivity index is 5.16. The highest BCUT2D eigenvalue weighted by atomic mass is 32.2. The zero-order chi connectivity index (χ0) is 16.6. The van der Waals surface area contributed by atoms with E-state index < -0.39 is 5.41 Å². The molecule has 0 aromatic rings. The minimum absolute atomic E-state index is 0.0313. The van der Waals surface area contributed by atoms with Gasteiger partial charge >= 0.3 is 0 Å². The summed E-state index contributed by atoms with van der Waals surface area (Å²) in [5.74, 6) is 0. The molecule has 0 aromatic heterocycles. The summed E-state index contributed by atoms with van der Waals surface area (Å²) >= 11 is 1.13. The van der Waals surface area contributed by atoms with Crippen molar-refractivity contribution in [2.24, 2.45) is 5.41 Å². The second-order valence-corrected chi connectivity index (χ2v) is 7.29. The van der Waals surface area contributed by atoms with Crippen molar-refractivity contribution >= 4 is 23.3 Å². The lowest BCUT2D eigenvalue weighted by Crippen LogP contribution is -2.30. The first-order chi connectivity index (χ1) is 9.63. The molecule has 0 aliphatic heterocycles. The smallest absolute Gasteiger partial charge is 0.213 e. The quantitative estimate of drug-likeness (QED) is 0.693. The van der Waals surface area contributed by atoms with Gasteiger partial charge in [0.2, 0.25) is 6.41 Å². The maximum absolute atomic E-state index is 12.2. The third kappa shape index (κ3) is 7.64. The molecule has 5 nitrogen and oxygen atoms in total. The van der Waals surface area contributed by atoms with Crippen molar-refractivity contribution in [2.75, 3.05) is 33.8 Å².